The molecule has 0 spiro atoms. The highest BCUT2D eigenvalue weighted by Gasteiger charge is 2.30. The summed E-state index contributed by atoms with van der Waals surface area (Å²) in [4.78, 5) is 32.6. The molecule has 6 nitrogen and oxygen atoms in total. The first kappa shape index (κ1) is 26.9. The topological polar surface area (TPSA) is 77.2 Å². The van der Waals surface area contributed by atoms with Crippen LogP contribution in [0, 0.1) is 0 Å². The van der Waals surface area contributed by atoms with E-state index in [4.69, 9.17) is 0 Å². The molecule has 2 atom stereocenters. The molecule has 0 aliphatic carbocycles. The molecule has 2 amide bonds. The molecule has 4 aromatic carbocycles. The first-order valence-corrected chi connectivity index (χ1v) is 13.5. The molecule has 0 fully saturated rings. The van der Waals surface area contributed by atoms with E-state index in [2.05, 4.69) is 20.5 Å². The molecule has 6 heteroatoms. The zero-order valence-electron chi connectivity index (χ0n) is 23.0. The zero-order valence-corrected chi connectivity index (χ0v) is 23.0. The fraction of sp³-hybridized carbons (Fsp3) is 0.176. The van der Waals surface area contributed by atoms with E-state index in [1.807, 2.05) is 118 Å². The fourth-order valence-electron chi connectivity index (χ4n) is 5.07. The molecular formula is C34H34N4O2. The van der Waals surface area contributed by atoms with Crippen molar-refractivity contribution >= 4 is 28.4 Å². The van der Waals surface area contributed by atoms with Gasteiger partial charge in [0.2, 0.25) is 5.91 Å². The number of para-hydroxylation sites is 1. The van der Waals surface area contributed by atoms with E-state index in [-0.39, 0.29) is 17.7 Å². The van der Waals surface area contributed by atoms with Crippen molar-refractivity contribution in [2.45, 2.75) is 25.4 Å². The third-order valence-electron chi connectivity index (χ3n) is 7.13. The third-order valence-corrected chi connectivity index (χ3v) is 7.13. The molecule has 1 heterocycles. The van der Waals surface area contributed by atoms with Crippen molar-refractivity contribution in [1.82, 2.24) is 15.2 Å². The van der Waals surface area contributed by atoms with Crippen molar-refractivity contribution in [3.8, 4) is 11.1 Å². The maximum absolute atomic E-state index is 13.8. The third kappa shape index (κ3) is 6.14. The molecule has 1 aromatic heterocycles. The summed E-state index contributed by atoms with van der Waals surface area (Å²) in [5.41, 5.74) is 6.34. The quantitative estimate of drug-likeness (QED) is 0.205. The number of rotatable bonds is 9. The summed E-state index contributed by atoms with van der Waals surface area (Å²) in [7, 11) is 4.01. The van der Waals surface area contributed by atoms with Gasteiger partial charge in [0.15, 0.2) is 0 Å². The molecule has 0 aliphatic heterocycles. The Morgan fingerprint density at radius 1 is 0.825 bits per heavy atom. The van der Waals surface area contributed by atoms with E-state index >= 15 is 0 Å². The second-order valence-electron chi connectivity index (χ2n) is 10.4. The van der Waals surface area contributed by atoms with Crippen molar-refractivity contribution in [1.29, 1.82) is 0 Å². The molecule has 40 heavy (non-hydrogen) atoms. The van der Waals surface area contributed by atoms with Crippen LogP contribution >= 0.6 is 0 Å². The zero-order chi connectivity index (χ0) is 28.1. The van der Waals surface area contributed by atoms with Crippen molar-refractivity contribution < 1.29 is 9.59 Å². The average Bonchev–Trinajstić information content (AvgIpc) is 3.40. The van der Waals surface area contributed by atoms with Gasteiger partial charge in [0, 0.05) is 40.8 Å². The van der Waals surface area contributed by atoms with Gasteiger partial charge in [-0.15, -0.1) is 0 Å². The number of carbonyl (C=O) groups excluding carboxylic acids is 2. The van der Waals surface area contributed by atoms with Crippen LogP contribution in [0.1, 0.15) is 34.3 Å². The molecule has 0 unspecified atom stereocenters. The first-order chi connectivity index (χ1) is 19.4. The number of benzene rings is 4. The number of H-pyrrole nitrogens is 1. The van der Waals surface area contributed by atoms with E-state index < -0.39 is 6.04 Å². The Kier molecular flexibility index (Phi) is 8.08. The number of amides is 2. The summed E-state index contributed by atoms with van der Waals surface area (Å²) in [5, 5.41) is 7.12. The van der Waals surface area contributed by atoms with Gasteiger partial charge in [0.1, 0.15) is 6.04 Å². The van der Waals surface area contributed by atoms with Gasteiger partial charge in [-0.05, 0) is 66.7 Å². The lowest BCUT2D eigenvalue weighted by Crippen LogP contribution is -2.47. The van der Waals surface area contributed by atoms with Gasteiger partial charge in [-0.2, -0.15) is 0 Å². The Bertz CT molecular complexity index is 1610. The number of aromatic nitrogens is 1. The van der Waals surface area contributed by atoms with Gasteiger partial charge in [-0.25, -0.2) is 0 Å². The highest BCUT2D eigenvalue weighted by Crippen LogP contribution is 2.29. The lowest BCUT2D eigenvalue weighted by Gasteiger charge is -2.25. The van der Waals surface area contributed by atoms with E-state index in [0.717, 1.165) is 39.7 Å². The van der Waals surface area contributed by atoms with Crippen LogP contribution in [0.2, 0.25) is 0 Å². The van der Waals surface area contributed by atoms with Crippen molar-refractivity contribution in [2.75, 3.05) is 19.4 Å². The number of anilines is 1. The highest BCUT2D eigenvalue weighted by atomic mass is 16.2. The molecule has 0 bridgehead atoms. The van der Waals surface area contributed by atoms with E-state index in [1.54, 1.807) is 12.1 Å². The Labute approximate surface area is 235 Å². The van der Waals surface area contributed by atoms with Crippen LogP contribution in [-0.2, 0) is 11.3 Å². The molecule has 3 N–H and O–H groups in total. The minimum atomic E-state index is -0.807. The van der Waals surface area contributed by atoms with Crippen LogP contribution in [0.5, 0.6) is 0 Å². The molecule has 5 rings (SSSR count). The van der Waals surface area contributed by atoms with Crippen molar-refractivity contribution in [2.24, 2.45) is 0 Å². The van der Waals surface area contributed by atoms with Crippen molar-refractivity contribution in [3.63, 3.8) is 0 Å². The summed E-state index contributed by atoms with van der Waals surface area (Å²) in [6, 6.07) is 32.4. The Hall–Kier alpha value is -4.68. The summed E-state index contributed by atoms with van der Waals surface area (Å²) in [6.45, 7) is 2.73. The van der Waals surface area contributed by atoms with Crippen LogP contribution in [0.25, 0.3) is 22.0 Å². The molecular weight excluding hydrogens is 496 g/mol. The number of carbonyl (C=O) groups is 2. The molecule has 0 aliphatic rings. The lowest BCUT2D eigenvalue weighted by atomic mass is 9.91. The second-order valence-corrected chi connectivity index (χ2v) is 10.4. The van der Waals surface area contributed by atoms with Gasteiger partial charge < -0.3 is 20.5 Å². The van der Waals surface area contributed by atoms with Crippen LogP contribution in [-0.4, -0.2) is 41.8 Å². The van der Waals surface area contributed by atoms with E-state index in [1.165, 1.54) is 0 Å². The highest BCUT2D eigenvalue weighted by molar-refractivity contribution is 6.02. The maximum Gasteiger partial charge on any atom is 0.251 e. The average molecular weight is 531 g/mol. The van der Waals surface area contributed by atoms with Gasteiger partial charge >= 0.3 is 0 Å². The minimum absolute atomic E-state index is 0.269. The Morgan fingerprint density at radius 3 is 2.27 bits per heavy atom. The number of aromatic amines is 1. The predicted octanol–water partition coefficient (Wildman–Crippen LogP) is 6.44. The summed E-state index contributed by atoms with van der Waals surface area (Å²) in [5.74, 6) is -0.865. The predicted molar refractivity (Wildman–Crippen MR) is 162 cm³/mol. The molecule has 5 aromatic rings. The number of hydrogen-bond donors (Lipinski definition) is 3. The number of nitrogens with one attached hydrogen (secondary N) is 3. The van der Waals surface area contributed by atoms with E-state index in [0.29, 0.717) is 11.3 Å². The van der Waals surface area contributed by atoms with Crippen LogP contribution < -0.4 is 10.6 Å². The van der Waals surface area contributed by atoms with Crippen LogP contribution in [0.3, 0.4) is 0 Å². The molecule has 202 valence electrons. The maximum atomic E-state index is 13.8. The SMILES string of the molecule is C[C@H](c1c[nH]c2ccccc12)[C@@H](NC(=O)c1ccc(-c2ccccc2)cc1)C(=O)Nc1cccc(CN(C)C)c1. The lowest BCUT2D eigenvalue weighted by molar-refractivity contribution is -0.118. The van der Waals surface area contributed by atoms with E-state index in [9.17, 15) is 9.59 Å². The van der Waals surface area contributed by atoms with Crippen LogP contribution in [0.4, 0.5) is 5.69 Å². The Morgan fingerprint density at radius 2 is 1.52 bits per heavy atom. The van der Waals surface area contributed by atoms with Gasteiger partial charge in [0.05, 0.1) is 0 Å². The summed E-state index contributed by atoms with van der Waals surface area (Å²) in [6.07, 6.45) is 1.92. The fourth-order valence-corrected chi connectivity index (χ4v) is 5.07. The van der Waals surface area contributed by atoms with Crippen molar-refractivity contribution in [3.05, 3.63) is 126 Å². The van der Waals surface area contributed by atoms with Gasteiger partial charge in [-0.3, -0.25) is 9.59 Å². The Balaban J connectivity index is 1.41. The summed E-state index contributed by atoms with van der Waals surface area (Å²) < 4.78 is 0. The molecule has 0 saturated heterocycles. The van der Waals surface area contributed by atoms with Crippen LogP contribution in [0.15, 0.2) is 109 Å². The number of hydrogen-bond acceptors (Lipinski definition) is 3. The second kappa shape index (κ2) is 12.0. The number of fused-ring (bicyclic) bond motifs is 1. The normalized spacial score (nSPS) is 12.7. The standard InChI is InChI=1S/C34H34N4O2/c1-23(30-21-35-31-15-8-7-14-29(30)31)32(34(40)36-28-13-9-10-24(20-28)22-38(2)3)37-33(39)27-18-16-26(17-19-27)25-11-5-4-6-12-25/h4-21,23,32,35H,22H2,1-3H3,(H,36,40)(H,37,39)/t23-,32-/m1/s1. The van der Waals surface area contributed by atoms with Gasteiger partial charge in [-0.1, -0.05) is 79.7 Å². The molecule has 0 saturated carbocycles. The molecule has 0 radical (unpaired) electrons. The first-order valence-electron chi connectivity index (χ1n) is 13.5. The van der Waals surface area contributed by atoms with Gasteiger partial charge in [0.25, 0.3) is 5.91 Å². The summed E-state index contributed by atoms with van der Waals surface area (Å²) >= 11 is 0. The monoisotopic (exact) mass is 530 g/mol. The largest absolute Gasteiger partial charge is 0.361 e. The smallest absolute Gasteiger partial charge is 0.251 e. The minimum Gasteiger partial charge on any atom is -0.361 e. The number of nitrogens with zero attached hydrogens (tertiary/aromatic N) is 1.